The summed E-state index contributed by atoms with van der Waals surface area (Å²) in [5.74, 6) is -0.238. The Bertz CT molecular complexity index is 256. The van der Waals surface area contributed by atoms with Gasteiger partial charge < -0.3 is 15.5 Å². The van der Waals surface area contributed by atoms with Crippen molar-refractivity contribution >= 4 is 23.1 Å². The third-order valence-electron chi connectivity index (χ3n) is 2.69. The lowest BCUT2D eigenvalue weighted by atomic mass is 10.0. The number of rotatable bonds is 8. The summed E-state index contributed by atoms with van der Waals surface area (Å²) in [7, 11) is 5.87. The SMILES string of the molecule is CCCC(C(=O)N(C)CCCN(C)C)C(N)=S. The van der Waals surface area contributed by atoms with Crippen LogP contribution in [0.15, 0.2) is 0 Å². The van der Waals surface area contributed by atoms with Crippen LogP contribution >= 0.6 is 12.2 Å². The summed E-state index contributed by atoms with van der Waals surface area (Å²) in [4.78, 5) is 16.3. The van der Waals surface area contributed by atoms with E-state index in [1.807, 2.05) is 28.1 Å². The van der Waals surface area contributed by atoms with E-state index in [0.29, 0.717) is 4.99 Å². The number of nitrogens with two attached hydrogens (primary N) is 1. The van der Waals surface area contributed by atoms with Crippen molar-refractivity contribution < 1.29 is 4.79 Å². The molecule has 4 nitrogen and oxygen atoms in total. The minimum Gasteiger partial charge on any atom is -0.393 e. The number of amides is 1. The van der Waals surface area contributed by atoms with Crippen molar-refractivity contribution in [3.8, 4) is 0 Å². The van der Waals surface area contributed by atoms with Gasteiger partial charge in [-0.15, -0.1) is 0 Å². The Hall–Kier alpha value is -0.680. The van der Waals surface area contributed by atoms with Gasteiger partial charge in [-0.2, -0.15) is 0 Å². The predicted octanol–water partition coefficient (Wildman–Crippen LogP) is 1.10. The molecule has 0 saturated carbocycles. The van der Waals surface area contributed by atoms with Crippen molar-refractivity contribution in [2.45, 2.75) is 26.2 Å². The van der Waals surface area contributed by atoms with Crippen molar-refractivity contribution in [3.05, 3.63) is 0 Å². The number of thiocarbonyl (C=S) groups is 1. The lowest BCUT2D eigenvalue weighted by Gasteiger charge is -2.23. The molecule has 0 aromatic rings. The Morgan fingerprint density at radius 3 is 2.29 bits per heavy atom. The number of hydrogen-bond acceptors (Lipinski definition) is 3. The smallest absolute Gasteiger partial charge is 0.232 e. The van der Waals surface area contributed by atoms with Crippen molar-refractivity contribution in [1.82, 2.24) is 9.80 Å². The molecule has 1 atom stereocenters. The maximum Gasteiger partial charge on any atom is 0.232 e. The molecule has 0 aromatic carbocycles. The van der Waals surface area contributed by atoms with E-state index in [0.717, 1.165) is 32.4 Å². The second kappa shape index (κ2) is 8.42. The molecule has 0 fully saturated rings. The summed E-state index contributed by atoms with van der Waals surface area (Å²) in [5.41, 5.74) is 5.61. The molecule has 0 spiro atoms. The number of hydrogen-bond donors (Lipinski definition) is 1. The van der Waals surface area contributed by atoms with Crippen LogP contribution in [0.2, 0.25) is 0 Å². The summed E-state index contributed by atoms with van der Waals surface area (Å²) in [6.45, 7) is 3.76. The van der Waals surface area contributed by atoms with Crippen LogP contribution in [-0.4, -0.2) is 54.9 Å². The molecule has 1 amide bonds. The zero-order valence-electron chi connectivity index (χ0n) is 11.4. The zero-order chi connectivity index (χ0) is 13.4. The van der Waals surface area contributed by atoms with E-state index in [1.165, 1.54) is 0 Å². The molecular weight excluding hydrogens is 234 g/mol. The molecule has 5 heteroatoms. The van der Waals surface area contributed by atoms with Crippen LogP contribution in [0, 0.1) is 5.92 Å². The molecular formula is C12H25N3OS. The summed E-state index contributed by atoms with van der Waals surface area (Å²) in [6, 6.07) is 0. The van der Waals surface area contributed by atoms with Gasteiger partial charge in [-0.3, -0.25) is 4.79 Å². The molecule has 2 N–H and O–H groups in total. The Morgan fingerprint density at radius 1 is 1.29 bits per heavy atom. The summed E-state index contributed by atoms with van der Waals surface area (Å²) >= 11 is 4.95. The molecule has 0 bridgehead atoms. The monoisotopic (exact) mass is 259 g/mol. The highest BCUT2D eigenvalue weighted by atomic mass is 32.1. The van der Waals surface area contributed by atoms with Crippen LogP contribution in [0.25, 0.3) is 0 Å². The lowest BCUT2D eigenvalue weighted by Crippen LogP contribution is -2.40. The fourth-order valence-electron chi connectivity index (χ4n) is 1.68. The molecule has 0 saturated heterocycles. The number of carbonyl (C=O) groups excluding carboxylic acids is 1. The van der Waals surface area contributed by atoms with Crippen LogP contribution in [0.1, 0.15) is 26.2 Å². The highest BCUT2D eigenvalue weighted by Crippen LogP contribution is 2.10. The van der Waals surface area contributed by atoms with Crippen LogP contribution in [-0.2, 0) is 4.79 Å². The summed E-state index contributed by atoms with van der Waals surface area (Å²) in [6.07, 6.45) is 2.62. The van der Waals surface area contributed by atoms with E-state index < -0.39 is 0 Å². The normalized spacial score (nSPS) is 12.5. The highest BCUT2D eigenvalue weighted by Gasteiger charge is 2.23. The Labute approximate surface area is 110 Å². The second-order valence-electron chi connectivity index (χ2n) is 4.66. The van der Waals surface area contributed by atoms with E-state index >= 15 is 0 Å². The largest absolute Gasteiger partial charge is 0.393 e. The van der Waals surface area contributed by atoms with Crippen molar-refractivity contribution in [3.63, 3.8) is 0 Å². The molecule has 0 rings (SSSR count). The highest BCUT2D eigenvalue weighted by molar-refractivity contribution is 7.80. The number of carbonyl (C=O) groups is 1. The average molecular weight is 259 g/mol. The third kappa shape index (κ3) is 6.58. The van der Waals surface area contributed by atoms with Gasteiger partial charge in [-0.05, 0) is 33.5 Å². The van der Waals surface area contributed by atoms with Gasteiger partial charge in [0.25, 0.3) is 0 Å². The van der Waals surface area contributed by atoms with Crippen LogP contribution in [0.4, 0.5) is 0 Å². The van der Waals surface area contributed by atoms with E-state index in [4.69, 9.17) is 18.0 Å². The first kappa shape index (κ1) is 16.3. The average Bonchev–Trinajstić information content (AvgIpc) is 2.23. The first-order chi connectivity index (χ1) is 7.90. The van der Waals surface area contributed by atoms with Gasteiger partial charge >= 0.3 is 0 Å². The van der Waals surface area contributed by atoms with E-state index in [2.05, 4.69) is 4.90 Å². The first-order valence-corrected chi connectivity index (χ1v) is 6.50. The standard InChI is InChI=1S/C12H25N3OS/c1-5-7-10(11(13)17)12(16)15(4)9-6-8-14(2)3/h10H,5-9H2,1-4H3,(H2,13,17). The van der Waals surface area contributed by atoms with Gasteiger partial charge in [-0.1, -0.05) is 25.6 Å². The van der Waals surface area contributed by atoms with E-state index in [-0.39, 0.29) is 11.8 Å². The molecule has 0 aliphatic rings. The molecule has 1 unspecified atom stereocenters. The molecule has 0 aliphatic carbocycles. The van der Waals surface area contributed by atoms with Gasteiger partial charge in [0.15, 0.2) is 0 Å². The quantitative estimate of drug-likeness (QED) is 0.663. The van der Waals surface area contributed by atoms with Crippen LogP contribution < -0.4 is 5.73 Å². The molecule has 100 valence electrons. The van der Waals surface area contributed by atoms with Crippen LogP contribution in [0.5, 0.6) is 0 Å². The van der Waals surface area contributed by atoms with Gasteiger partial charge in [0.2, 0.25) is 5.91 Å². The fourth-order valence-corrected chi connectivity index (χ4v) is 1.90. The Kier molecular flexibility index (Phi) is 8.08. The molecule has 0 radical (unpaired) electrons. The minimum atomic E-state index is -0.292. The van der Waals surface area contributed by atoms with Gasteiger partial charge in [-0.25, -0.2) is 0 Å². The maximum atomic E-state index is 12.1. The third-order valence-corrected chi connectivity index (χ3v) is 2.98. The molecule has 0 aliphatic heterocycles. The van der Waals surface area contributed by atoms with Crippen LogP contribution in [0.3, 0.4) is 0 Å². The zero-order valence-corrected chi connectivity index (χ0v) is 12.2. The van der Waals surface area contributed by atoms with Gasteiger partial charge in [0, 0.05) is 13.6 Å². The van der Waals surface area contributed by atoms with E-state index in [1.54, 1.807) is 4.90 Å². The summed E-state index contributed by atoms with van der Waals surface area (Å²) < 4.78 is 0. The molecule has 0 aromatic heterocycles. The van der Waals surface area contributed by atoms with Crippen molar-refractivity contribution in [2.75, 3.05) is 34.2 Å². The van der Waals surface area contributed by atoms with E-state index in [9.17, 15) is 4.79 Å². The maximum absolute atomic E-state index is 12.1. The first-order valence-electron chi connectivity index (χ1n) is 6.09. The predicted molar refractivity (Wildman–Crippen MR) is 76.0 cm³/mol. The minimum absolute atomic E-state index is 0.0538. The second-order valence-corrected chi connectivity index (χ2v) is 5.13. The van der Waals surface area contributed by atoms with Crippen molar-refractivity contribution in [1.29, 1.82) is 0 Å². The summed E-state index contributed by atoms with van der Waals surface area (Å²) in [5, 5.41) is 0. The van der Waals surface area contributed by atoms with Gasteiger partial charge in [0.05, 0.1) is 10.9 Å². The fraction of sp³-hybridized carbons (Fsp3) is 0.833. The Morgan fingerprint density at radius 2 is 1.88 bits per heavy atom. The van der Waals surface area contributed by atoms with Gasteiger partial charge in [0.1, 0.15) is 0 Å². The topological polar surface area (TPSA) is 49.6 Å². The lowest BCUT2D eigenvalue weighted by molar-refractivity contribution is -0.132. The molecule has 0 heterocycles. The van der Waals surface area contributed by atoms with Crippen molar-refractivity contribution in [2.24, 2.45) is 11.7 Å². The molecule has 17 heavy (non-hydrogen) atoms. The Balaban J connectivity index is 4.20. The number of nitrogens with zero attached hydrogens (tertiary/aromatic N) is 2.